The van der Waals surface area contributed by atoms with Gasteiger partial charge in [-0.3, -0.25) is 0 Å². The van der Waals surface area contributed by atoms with Crippen LogP contribution in [0.2, 0.25) is 5.02 Å². The van der Waals surface area contributed by atoms with Crippen LogP contribution in [0.3, 0.4) is 0 Å². The van der Waals surface area contributed by atoms with E-state index in [1.54, 1.807) is 7.11 Å². The first-order valence-electron chi connectivity index (χ1n) is 4.42. The summed E-state index contributed by atoms with van der Waals surface area (Å²) in [6, 6.07) is 5.62. The highest BCUT2D eigenvalue weighted by molar-refractivity contribution is 6.31. The molecule has 2 rings (SSSR count). The molecule has 1 N–H and O–H groups in total. The highest BCUT2D eigenvalue weighted by atomic mass is 35.5. The number of nitrogens with zero attached hydrogens (tertiary/aromatic N) is 1. The van der Waals surface area contributed by atoms with Gasteiger partial charge in [-0.1, -0.05) is 11.6 Å². The minimum Gasteiger partial charge on any atom is -0.384 e. The van der Waals surface area contributed by atoms with Gasteiger partial charge < -0.3 is 9.72 Å². The van der Waals surface area contributed by atoms with E-state index in [9.17, 15) is 0 Å². The monoisotopic (exact) mass is 210 g/mol. The van der Waals surface area contributed by atoms with Crippen LogP contribution in [-0.2, 0) is 11.2 Å². The summed E-state index contributed by atoms with van der Waals surface area (Å²) in [7, 11) is 1.68. The summed E-state index contributed by atoms with van der Waals surface area (Å²) >= 11 is 5.86. The Morgan fingerprint density at radius 2 is 2.36 bits per heavy atom. The number of hydrogen-bond acceptors (Lipinski definition) is 2. The topological polar surface area (TPSA) is 37.9 Å². The molecule has 14 heavy (non-hydrogen) atoms. The number of aromatic nitrogens is 2. The van der Waals surface area contributed by atoms with Gasteiger partial charge >= 0.3 is 0 Å². The number of benzene rings is 1. The zero-order valence-corrected chi connectivity index (χ0v) is 8.64. The average molecular weight is 211 g/mol. The number of halogens is 1. The molecule has 0 radical (unpaired) electrons. The summed E-state index contributed by atoms with van der Waals surface area (Å²) in [5.41, 5.74) is 1.92. The number of H-pyrrole nitrogens is 1. The van der Waals surface area contributed by atoms with Gasteiger partial charge in [0.25, 0.3) is 0 Å². The predicted octanol–water partition coefficient (Wildman–Crippen LogP) is 2.41. The van der Waals surface area contributed by atoms with E-state index in [1.807, 2.05) is 18.2 Å². The smallest absolute Gasteiger partial charge is 0.109 e. The molecule has 3 nitrogen and oxygen atoms in total. The number of methoxy groups -OCH3 is 1. The lowest BCUT2D eigenvalue weighted by molar-refractivity contribution is 0.201. The number of ether oxygens (including phenoxy) is 1. The van der Waals surface area contributed by atoms with Crippen molar-refractivity contribution in [2.45, 2.75) is 6.42 Å². The van der Waals surface area contributed by atoms with Crippen LogP contribution in [0.1, 0.15) is 5.82 Å². The predicted molar refractivity (Wildman–Crippen MR) is 56.7 cm³/mol. The summed E-state index contributed by atoms with van der Waals surface area (Å²) in [5.74, 6) is 0.934. The van der Waals surface area contributed by atoms with E-state index in [1.165, 1.54) is 0 Å². The second kappa shape index (κ2) is 3.98. The van der Waals surface area contributed by atoms with E-state index in [2.05, 4.69) is 9.97 Å². The maximum absolute atomic E-state index is 5.86. The molecule has 0 aliphatic heterocycles. The number of aromatic amines is 1. The molecule has 0 aliphatic carbocycles. The maximum atomic E-state index is 5.86. The van der Waals surface area contributed by atoms with Crippen LogP contribution in [0.15, 0.2) is 18.2 Å². The van der Waals surface area contributed by atoms with Gasteiger partial charge in [0.15, 0.2) is 0 Å². The third kappa shape index (κ3) is 1.89. The van der Waals surface area contributed by atoms with E-state index >= 15 is 0 Å². The second-order valence-corrected chi connectivity index (χ2v) is 3.52. The van der Waals surface area contributed by atoms with Crippen molar-refractivity contribution in [3.8, 4) is 0 Å². The molecule has 0 amide bonds. The minimum absolute atomic E-state index is 0.674. The molecule has 2 aromatic rings. The Morgan fingerprint density at radius 1 is 1.50 bits per heavy atom. The molecular weight excluding hydrogens is 200 g/mol. The van der Waals surface area contributed by atoms with E-state index < -0.39 is 0 Å². The van der Waals surface area contributed by atoms with Crippen molar-refractivity contribution in [2.75, 3.05) is 13.7 Å². The SMILES string of the molecule is COCCc1nc2ccc(Cl)cc2[nH]1. The summed E-state index contributed by atoms with van der Waals surface area (Å²) in [4.78, 5) is 7.59. The fourth-order valence-corrected chi connectivity index (χ4v) is 1.52. The highest BCUT2D eigenvalue weighted by Gasteiger charge is 2.02. The molecule has 0 saturated heterocycles. The Kier molecular flexibility index (Phi) is 2.70. The molecule has 0 spiro atoms. The Bertz CT molecular complexity index is 439. The van der Waals surface area contributed by atoms with Crippen LogP contribution in [0.25, 0.3) is 11.0 Å². The third-order valence-electron chi connectivity index (χ3n) is 2.04. The standard InChI is InChI=1S/C10H11ClN2O/c1-14-5-4-10-12-8-3-2-7(11)6-9(8)13-10/h2-3,6H,4-5H2,1H3,(H,12,13). The molecule has 0 aliphatic rings. The van der Waals surface area contributed by atoms with Crippen LogP contribution in [-0.4, -0.2) is 23.7 Å². The molecule has 1 heterocycles. The van der Waals surface area contributed by atoms with Crippen LogP contribution in [0.4, 0.5) is 0 Å². The number of hydrogen-bond donors (Lipinski definition) is 1. The van der Waals surface area contributed by atoms with E-state index in [4.69, 9.17) is 16.3 Å². The molecule has 0 saturated carbocycles. The lowest BCUT2D eigenvalue weighted by Gasteiger charge is -1.92. The molecule has 0 bridgehead atoms. The Hall–Kier alpha value is -1.06. The van der Waals surface area contributed by atoms with Crippen molar-refractivity contribution < 1.29 is 4.74 Å². The van der Waals surface area contributed by atoms with Gasteiger partial charge in [-0.2, -0.15) is 0 Å². The van der Waals surface area contributed by atoms with Crippen LogP contribution >= 0.6 is 11.6 Å². The largest absolute Gasteiger partial charge is 0.384 e. The fraction of sp³-hybridized carbons (Fsp3) is 0.300. The Labute approximate surface area is 87.1 Å². The first-order chi connectivity index (χ1) is 6.79. The number of imidazole rings is 1. The summed E-state index contributed by atoms with van der Waals surface area (Å²) < 4.78 is 4.98. The number of nitrogens with one attached hydrogen (secondary N) is 1. The first-order valence-corrected chi connectivity index (χ1v) is 4.80. The molecule has 4 heteroatoms. The normalized spacial score (nSPS) is 11.0. The molecule has 1 aromatic carbocycles. The zero-order chi connectivity index (χ0) is 9.97. The van der Waals surface area contributed by atoms with Gasteiger partial charge in [0.05, 0.1) is 17.6 Å². The van der Waals surface area contributed by atoms with Crippen molar-refractivity contribution in [3.63, 3.8) is 0 Å². The second-order valence-electron chi connectivity index (χ2n) is 3.09. The van der Waals surface area contributed by atoms with E-state index in [0.29, 0.717) is 6.61 Å². The molecule has 0 atom stereocenters. The van der Waals surface area contributed by atoms with Gasteiger partial charge in [0.2, 0.25) is 0 Å². The quantitative estimate of drug-likeness (QED) is 0.845. The zero-order valence-electron chi connectivity index (χ0n) is 7.88. The van der Waals surface area contributed by atoms with Crippen molar-refractivity contribution in [3.05, 3.63) is 29.0 Å². The van der Waals surface area contributed by atoms with Gasteiger partial charge in [0.1, 0.15) is 5.82 Å². The average Bonchev–Trinajstić information content (AvgIpc) is 2.56. The molecule has 1 aromatic heterocycles. The Morgan fingerprint density at radius 3 is 3.14 bits per heavy atom. The summed E-state index contributed by atoms with van der Waals surface area (Å²) in [5, 5.41) is 0.722. The van der Waals surface area contributed by atoms with Gasteiger partial charge in [0, 0.05) is 18.6 Å². The van der Waals surface area contributed by atoms with Crippen molar-refractivity contribution in [1.82, 2.24) is 9.97 Å². The molecule has 74 valence electrons. The fourth-order valence-electron chi connectivity index (χ4n) is 1.35. The third-order valence-corrected chi connectivity index (χ3v) is 2.27. The summed E-state index contributed by atoms with van der Waals surface area (Å²) in [6.07, 6.45) is 0.794. The first kappa shape index (κ1) is 9.49. The lowest BCUT2D eigenvalue weighted by Crippen LogP contribution is -1.95. The van der Waals surface area contributed by atoms with Crippen molar-refractivity contribution in [1.29, 1.82) is 0 Å². The minimum atomic E-state index is 0.674. The van der Waals surface area contributed by atoms with E-state index in [0.717, 1.165) is 28.3 Å². The number of fused-ring (bicyclic) bond motifs is 1. The molecule has 0 fully saturated rings. The lowest BCUT2D eigenvalue weighted by atomic mass is 10.3. The van der Waals surface area contributed by atoms with Crippen molar-refractivity contribution >= 4 is 22.6 Å². The van der Waals surface area contributed by atoms with Gasteiger partial charge in [-0.15, -0.1) is 0 Å². The maximum Gasteiger partial charge on any atom is 0.109 e. The van der Waals surface area contributed by atoms with Crippen LogP contribution in [0.5, 0.6) is 0 Å². The van der Waals surface area contributed by atoms with Crippen LogP contribution in [0, 0.1) is 0 Å². The van der Waals surface area contributed by atoms with Crippen molar-refractivity contribution in [2.24, 2.45) is 0 Å². The summed E-state index contributed by atoms with van der Waals surface area (Å²) in [6.45, 7) is 0.674. The highest BCUT2D eigenvalue weighted by Crippen LogP contribution is 2.17. The molecular formula is C10H11ClN2O. The Balaban J connectivity index is 2.32. The number of rotatable bonds is 3. The van der Waals surface area contributed by atoms with Gasteiger partial charge in [-0.25, -0.2) is 4.98 Å². The van der Waals surface area contributed by atoms with Crippen LogP contribution < -0.4 is 0 Å². The molecule has 0 unspecified atom stereocenters. The van der Waals surface area contributed by atoms with Gasteiger partial charge in [-0.05, 0) is 18.2 Å². The van der Waals surface area contributed by atoms with E-state index in [-0.39, 0.29) is 0 Å².